The lowest BCUT2D eigenvalue weighted by atomic mass is 10.2. The summed E-state index contributed by atoms with van der Waals surface area (Å²) < 4.78 is 6.67. The van der Waals surface area contributed by atoms with Crippen LogP contribution in [0.15, 0.2) is 45.8 Å². The third kappa shape index (κ3) is 4.29. The molecule has 0 bridgehead atoms. The second kappa shape index (κ2) is 7.23. The molecule has 0 aliphatic rings. The molecule has 2 aromatic rings. The van der Waals surface area contributed by atoms with E-state index in [9.17, 15) is 14.4 Å². The van der Waals surface area contributed by atoms with Crippen molar-refractivity contribution in [1.29, 1.82) is 0 Å². The Morgan fingerprint density at radius 2 is 2.00 bits per heavy atom. The number of hydrogen-bond acceptors (Lipinski definition) is 4. The van der Waals surface area contributed by atoms with Gasteiger partial charge in [0.1, 0.15) is 6.54 Å². The molecule has 1 N–H and O–H groups in total. The van der Waals surface area contributed by atoms with Crippen LogP contribution in [-0.2, 0) is 16.1 Å². The number of carbonyl (C=O) groups excluding carboxylic acids is 2. The molecule has 1 heterocycles. The van der Waals surface area contributed by atoms with Crippen molar-refractivity contribution in [1.82, 2.24) is 4.57 Å². The number of rotatable bonds is 4. The van der Waals surface area contributed by atoms with Crippen molar-refractivity contribution in [3.05, 3.63) is 62.5 Å². The molecule has 0 saturated heterocycles. The lowest BCUT2D eigenvalue weighted by molar-refractivity contribution is -0.116. The molecule has 0 aliphatic carbocycles. The average Bonchev–Trinajstić information content (AvgIpc) is 2.51. The van der Waals surface area contributed by atoms with Gasteiger partial charge in [0.15, 0.2) is 0 Å². The van der Waals surface area contributed by atoms with Crippen LogP contribution in [0.5, 0.6) is 0 Å². The zero-order valence-electron chi connectivity index (χ0n) is 12.6. The Bertz CT molecular complexity index is 814. The molecule has 6 nitrogen and oxygen atoms in total. The Labute approximate surface area is 141 Å². The third-order valence-electron chi connectivity index (χ3n) is 3.18. The first-order valence-corrected chi connectivity index (χ1v) is 7.55. The van der Waals surface area contributed by atoms with Gasteiger partial charge in [0.2, 0.25) is 5.91 Å². The number of pyridine rings is 1. The van der Waals surface area contributed by atoms with Crippen molar-refractivity contribution >= 4 is 33.5 Å². The van der Waals surface area contributed by atoms with Gasteiger partial charge in [-0.15, -0.1) is 0 Å². The number of methoxy groups -OCH3 is 1. The fourth-order valence-corrected chi connectivity index (χ4v) is 2.48. The van der Waals surface area contributed by atoms with Crippen LogP contribution >= 0.6 is 15.9 Å². The van der Waals surface area contributed by atoms with Gasteiger partial charge < -0.3 is 14.6 Å². The number of aryl methyl sites for hydroxylation is 1. The number of aromatic nitrogens is 1. The van der Waals surface area contributed by atoms with Gasteiger partial charge in [-0.3, -0.25) is 9.59 Å². The van der Waals surface area contributed by atoms with Crippen LogP contribution in [0.1, 0.15) is 15.9 Å². The molecule has 0 unspecified atom stereocenters. The van der Waals surface area contributed by atoms with Crippen molar-refractivity contribution in [2.75, 3.05) is 12.4 Å². The van der Waals surface area contributed by atoms with Crippen LogP contribution in [-0.4, -0.2) is 23.6 Å². The Kier molecular flexibility index (Phi) is 5.33. The Morgan fingerprint density at radius 1 is 1.26 bits per heavy atom. The van der Waals surface area contributed by atoms with E-state index in [2.05, 4.69) is 26.0 Å². The van der Waals surface area contributed by atoms with E-state index in [1.807, 2.05) is 19.1 Å². The van der Waals surface area contributed by atoms with Crippen molar-refractivity contribution in [2.45, 2.75) is 13.5 Å². The Hall–Kier alpha value is -2.41. The first kappa shape index (κ1) is 17.0. The van der Waals surface area contributed by atoms with Gasteiger partial charge in [-0.05, 0) is 36.8 Å². The number of anilines is 1. The molecular formula is C16H15BrN2O4. The van der Waals surface area contributed by atoms with Gasteiger partial charge in [-0.25, -0.2) is 4.79 Å². The average molecular weight is 379 g/mol. The molecule has 7 heteroatoms. The van der Waals surface area contributed by atoms with Crippen molar-refractivity contribution in [2.24, 2.45) is 0 Å². The fourth-order valence-electron chi connectivity index (χ4n) is 2.01. The van der Waals surface area contributed by atoms with Gasteiger partial charge in [-0.2, -0.15) is 0 Å². The van der Waals surface area contributed by atoms with E-state index in [4.69, 9.17) is 0 Å². The summed E-state index contributed by atoms with van der Waals surface area (Å²) in [6, 6.07) is 8.04. The first-order chi connectivity index (χ1) is 10.9. The van der Waals surface area contributed by atoms with Crippen molar-refractivity contribution in [3.8, 4) is 0 Å². The molecule has 1 aromatic carbocycles. The van der Waals surface area contributed by atoms with Gasteiger partial charge in [-0.1, -0.05) is 15.9 Å². The standard InChI is InChI=1S/C16H15BrN2O4/c1-10-7-12(17)4-5-13(10)18-14(20)9-19-8-11(16(22)23-2)3-6-15(19)21/h3-8H,9H2,1-2H3,(H,18,20). The highest BCUT2D eigenvalue weighted by molar-refractivity contribution is 9.10. The van der Waals surface area contributed by atoms with Crippen molar-refractivity contribution in [3.63, 3.8) is 0 Å². The lowest BCUT2D eigenvalue weighted by Crippen LogP contribution is -2.27. The smallest absolute Gasteiger partial charge is 0.339 e. The van der Waals surface area contributed by atoms with Crippen LogP contribution in [0.3, 0.4) is 0 Å². The van der Waals surface area contributed by atoms with Crippen LogP contribution < -0.4 is 10.9 Å². The zero-order chi connectivity index (χ0) is 17.0. The second-order valence-corrected chi connectivity index (χ2v) is 5.80. The Morgan fingerprint density at radius 3 is 2.65 bits per heavy atom. The monoisotopic (exact) mass is 378 g/mol. The van der Waals surface area contributed by atoms with E-state index in [1.54, 1.807) is 6.07 Å². The summed E-state index contributed by atoms with van der Waals surface area (Å²) in [5.41, 5.74) is 1.39. The van der Waals surface area contributed by atoms with Gasteiger partial charge >= 0.3 is 5.97 Å². The maximum Gasteiger partial charge on any atom is 0.339 e. The van der Waals surface area contributed by atoms with Gasteiger partial charge in [0.05, 0.1) is 12.7 Å². The van der Waals surface area contributed by atoms with Gasteiger partial charge in [0.25, 0.3) is 5.56 Å². The third-order valence-corrected chi connectivity index (χ3v) is 3.67. The van der Waals surface area contributed by atoms with Crippen molar-refractivity contribution < 1.29 is 14.3 Å². The molecule has 0 radical (unpaired) electrons. The summed E-state index contributed by atoms with van der Waals surface area (Å²) >= 11 is 3.35. The molecule has 0 atom stereocenters. The molecule has 0 aliphatic heterocycles. The molecule has 120 valence electrons. The number of halogens is 1. The topological polar surface area (TPSA) is 77.4 Å². The van der Waals surface area contributed by atoms with E-state index in [0.29, 0.717) is 5.69 Å². The molecular weight excluding hydrogens is 364 g/mol. The number of amides is 1. The largest absolute Gasteiger partial charge is 0.465 e. The number of hydrogen-bond donors (Lipinski definition) is 1. The Balaban J connectivity index is 2.17. The predicted octanol–water partition coefficient (Wildman–Crippen LogP) is 2.34. The minimum absolute atomic E-state index is 0.195. The summed E-state index contributed by atoms with van der Waals surface area (Å²) in [6.45, 7) is 1.67. The molecule has 2 rings (SSSR count). The van der Waals surface area contributed by atoms with Crippen LogP contribution in [0.2, 0.25) is 0 Å². The summed E-state index contributed by atoms with van der Waals surface area (Å²) in [7, 11) is 1.25. The SMILES string of the molecule is COC(=O)c1ccc(=O)n(CC(=O)Nc2ccc(Br)cc2C)c1. The minimum atomic E-state index is -0.567. The maximum atomic E-state index is 12.1. The predicted molar refractivity (Wildman–Crippen MR) is 89.6 cm³/mol. The van der Waals surface area contributed by atoms with Gasteiger partial charge in [0, 0.05) is 22.4 Å². The highest BCUT2D eigenvalue weighted by atomic mass is 79.9. The van der Waals surface area contributed by atoms with Crippen LogP contribution in [0.4, 0.5) is 5.69 Å². The molecule has 1 amide bonds. The van der Waals surface area contributed by atoms with E-state index in [1.165, 1.54) is 25.4 Å². The van der Waals surface area contributed by atoms with E-state index < -0.39 is 5.97 Å². The van der Waals surface area contributed by atoms with E-state index in [-0.39, 0.29) is 23.6 Å². The normalized spacial score (nSPS) is 10.2. The summed E-state index contributed by atoms with van der Waals surface area (Å²) in [6.07, 6.45) is 1.31. The number of nitrogens with one attached hydrogen (secondary N) is 1. The number of carbonyl (C=O) groups is 2. The summed E-state index contributed by atoms with van der Waals surface area (Å²) in [4.78, 5) is 35.4. The molecule has 1 aromatic heterocycles. The fraction of sp³-hybridized carbons (Fsp3) is 0.188. The quantitative estimate of drug-likeness (QED) is 0.828. The number of ether oxygens (including phenoxy) is 1. The zero-order valence-corrected chi connectivity index (χ0v) is 14.2. The number of benzene rings is 1. The van der Waals surface area contributed by atoms with Crippen LogP contribution in [0, 0.1) is 6.92 Å². The number of esters is 1. The summed E-state index contributed by atoms with van der Waals surface area (Å²) in [5.74, 6) is -0.928. The van der Waals surface area contributed by atoms with Crippen LogP contribution in [0.25, 0.3) is 0 Å². The lowest BCUT2D eigenvalue weighted by Gasteiger charge is -2.10. The molecule has 0 saturated carbocycles. The highest BCUT2D eigenvalue weighted by Gasteiger charge is 2.11. The molecule has 0 spiro atoms. The maximum absolute atomic E-state index is 12.1. The first-order valence-electron chi connectivity index (χ1n) is 6.75. The van der Waals surface area contributed by atoms with E-state index in [0.717, 1.165) is 14.6 Å². The molecule has 23 heavy (non-hydrogen) atoms. The second-order valence-electron chi connectivity index (χ2n) is 4.88. The summed E-state index contributed by atoms with van der Waals surface area (Å²) in [5, 5.41) is 2.74. The number of nitrogens with zero attached hydrogens (tertiary/aromatic N) is 1. The molecule has 0 fully saturated rings. The minimum Gasteiger partial charge on any atom is -0.465 e. The highest BCUT2D eigenvalue weighted by Crippen LogP contribution is 2.19. The van der Waals surface area contributed by atoms with E-state index >= 15 is 0 Å².